The molecule has 3 rings (SSSR count). The molecule has 0 unspecified atom stereocenters. The summed E-state index contributed by atoms with van der Waals surface area (Å²) in [6.45, 7) is 0.119. The zero-order chi connectivity index (χ0) is 19.4. The van der Waals surface area contributed by atoms with E-state index in [4.69, 9.17) is 14.2 Å². The number of sulfone groups is 1. The Bertz CT molecular complexity index is 981. The number of hydrogen-bond acceptors (Lipinski definition) is 8. The first-order valence-corrected chi connectivity index (χ1v) is 9.28. The highest BCUT2D eigenvalue weighted by molar-refractivity contribution is 7.96. The van der Waals surface area contributed by atoms with Crippen molar-refractivity contribution in [3.63, 3.8) is 0 Å². The number of carbonyl (C=O) groups excluding carboxylic acids is 1. The number of methoxy groups -OCH3 is 2. The third kappa shape index (κ3) is 3.82. The molecule has 8 nitrogen and oxygen atoms in total. The fraction of sp³-hybridized carbons (Fsp3) is 0.167. The van der Waals surface area contributed by atoms with E-state index in [1.165, 1.54) is 31.4 Å². The third-order valence-electron chi connectivity index (χ3n) is 3.79. The first-order valence-electron chi connectivity index (χ1n) is 7.79. The Morgan fingerprint density at radius 1 is 1.07 bits per heavy atom. The van der Waals surface area contributed by atoms with Gasteiger partial charge in [0, 0.05) is 18.0 Å². The van der Waals surface area contributed by atoms with Gasteiger partial charge in [0.15, 0.2) is 16.4 Å². The van der Waals surface area contributed by atoms with E-state index >= 15 is 0 Å². The third-order valence-corrected chi connectivity index (χ3v) is 5.54. The minimum Gasteiger partial charge on any atom is -0.497 e. The van der Waals surface area contributed by atoms with Gasteiger partial charge >= 0.3 is 5.97 Å². The SMILES string of the molecule is COC(=O)/C(=C\Nc1ccc2c(c1)OCO2)S(=O)(=O)c1ccc(OC)cc1. The number of ether oxygens (including phenoxy) is 4. The molecule has 0 spiro atoms. The van der Waals surface area contributed by atoms with Gasteiger partial charge in [-0.05, 0) is 36.4 Å². The van der Waals surface area contributed by atoms with Crippen LogP contribution in [-0.4, -0.2) is 35.4 Å². The summed E-state index contributed by atoms with van der Waals surface area (Å²) in [4.78, 5) is 11.5. The molecule has 0 aliphatic carbocycles. The summed E-state index contributed by atoms with van der Waals surface area (Å²) in [6, 6.07) is 10.7. The molecule has 0 saturated heterocycles. The summed E-state index contributed by atoms with van der Waals surface area (Å²) in [5, 5.41) is 2.79. The summed E-state index contributed by atoms with van der Waals surface area (Å²) >= 11 is 0. The van der Waals surface area contributed by atoms with E-state index in [2.05, 4.69) is 10.1 Å². The number of carbonyl (C=O) groups is 1. The van der Waals surface area contributed by atoms with E-state index in [-0.39, 0.29) is 11.7 Å². The molecule has 142 valence electrons. The first-order chi connectivity index (χ1) is 13.0. The summed E-state index contributed by atoms with van der Waals surface area (Å²) in [7, 11) is -1.52. The van der Waals surface area contributed by atoms with Crippen LogP contribution in [0.15, 0.2) is 58.5 Å². The van der Waals surface area contributed by atoms with Crippen LogP contribution >= 0.6 is 0 Å². The molecule has 2 aromatic rings. The second-order valence-corrected chi connectivity index (χ2v) is 7.31. The van der Waals surface area contributed by atoms with Gasteiger partial charge in [0.1, 0.15) is 5.75 Å². The van der Waals surface area contributed by atoms with Crippen LogP contribution in [0.3, 0.4) is 0 Å². The van der Waals surface area contributed by atoms with Crippen molar-refractivity contribution >= 4 is 21.5 Å². The fourth-order valence-electron chi connectivity index (χ4n) is 2.36. The monoisotopic (exact) mass is 391 g/mol. The number of benzene rings is 2. The van der Waals surface area contributed by atoms with Crippen molar-refractivity contribution in [3.05, 3.63) is 53.6 Å². The molecular weight excluding hydrogens is 374 g/mol. The van der Waals surface area contributed by atoms with Crippen LogP contribution in [0.5, 0.6) is 17.2 Å². The number of fused-ring (bicyclic) bond motifs is 1. The van der Waals surface area contributed by atoms with Crippen molar-refractivity contribution in [2.45, 2.75) is 4.90 Å². The van der Waals surface area contributed by atoms with Gasteiger partial charge in [-0.2, -0.15) is 0 Å². The molecule has 0 amide bonds. The Labute approximate surface area is 156 Å². The lowest BCUT2D eigenvalue weighted by Crippen LogP contribution is -2.17. The van der Waals surface area contributed by atoms with E-state index in [1.54, 1.807) is 18.2 Å². The number of hydrogen-bond donors (Lipinski definition) is 1. The lowest BCUT2D eigenvalue weighted by molar-refractivity contribution is -0.135. The van der Waals surface area contributed by atoms with E-state index in [1.807, 2.05) is 0 Å². The van der Waals surface area contributed by atoms with Crippen LogP contribution in [0.1, 0.15) is 0 Å². The van der Waals surface area contributed by atoms with E-state index in [0.29, 0.717) is 22.9 Å². The Hall–Kier alpha value is -3.20. The zero-order valence-electron chi connectivity index (χ0n) is 14.6. The van der Waals surface area contributed by atoms with Crippen LogP contribution in [0.25, 0.3) is 0 Å². The van der Waals surface area contributed by atoms with Crippen molar-refractivity contribution in [3.8, 4) is 17.2 Å². The molecule has 2 aromatic carbocycles. The zero-order valence-corrected chi connectivity index (χ0v) is 15.4. The van der Waals surface area contributed by atoms with E-state index in [9.17, 15) is 13.2 Å². The summed E-state index contributed by atoms with van der Waals surface area (Å²) in [5.41, 5.74) is 0.519. The Morgan fingerprint density at radius 3 is 2.44 bits per heavy atom. The van der Waals surface area contributed by atoms with Crippen LogP contribution in [0.4, 0.5) is 5.69 Å². The van der Waals surface area contributed by atoms with Crippen molar-refractivity contribution < 1.29 is 32.2 Å². The van der Waals surface area contributed by atoms with Crippen LogP contribution < -0.4 is 19.5 Å². The number of rotatable bonds is 6. The minimum atomic E-state index is -4.11. The summed E-state index contributed by atoms with van der Waals surface area (Å²) < 4.78 is 45.8. The molecule has 0 aromatic heterocycles. The van der Waals surface area contributed by atoms with Crippen LogP contribution in [0.2, 0.25) is 0 Å². The average Bonchev–Trinajstić information content (AvgIpc) is 3.15. The highest BCUT2D eigenvalue weighted by atomic mass is 32.2. The Balaban J connectivity index is 1.92. The average molecular weight is 391 g/mol. The molecule has 0 fully saturated rings. The van der Waals surface area contributed by atoms with Crippen molar-refractivity contribution in [2.75, 3.05) is 26.3 Å². The molecule has 0 bridgehead atoms. The quantitative estimate of drug-likeness (QED) is 0.592. The van der Waals surface area contributed by atoms with E-state index < -0.39 is 20.7 Å². The second-order valence-electron chi connectivity index (χ2n) is 5.39. The molecule has 1 aliphatic rings. The van der Waals surface area contributed by atoms with Crippen molar-refractivity contribution in [2.24, 2.45) is 0 Å². The molecule has 0 radical (unpaired) electrons. The van der Waals surface area contributed by atoms with Gasteiger partial charge in [0.2, 0.25) is 16.6 Å². The standard InChI is InChI=1S/C18H17NO7S/c1-23-13-4-6-14(7-5-13)27(21,22)17(18(20)24-2)10-19-12-3-8-15-16(9-12)26-11-25-15/h3-10,19H,11H2,1-2H3/b17-10+. The molecule has 0 saturated carbocycles. The molecule has 1 heterocycles. The highest BCUT2D eigenvalue weighted by Gasteiger charge is 2.28. The normalized spacial score (nSPS) is 13.2. The number of esters is 1. The number of anilines is 1. The topological polar surface area (TPSA) is 100 Å². The lowest BCUT2D eigenvalue weighted by Gasteiger charge is -2.10. The highest BCUT2D eigenvalue weighted by Crippen LogP contribution is 2.34. The fourth-order valence-corrected chi connectivity index (χ4v) is 3.63. The maximum atomic E-state index is 12.8. The van der Waals surface area contributed by atoms with Gasteiger partial charge in [-0.1, -0.05) is 0 Å². The van der Waals surface area contributed by atoms with Crippen molar-refractivity contribution in [1.82, 2.24) is 0 Å². The predicted octanol–water partition coefficient (Wildman–Crippen LogP) is 2.32. The molecule has 27 heavy (non-hydrogen) atoms. The maximum absolute atomic E-state index is 12.8. The molecule has 1 N–H and O–H groups in total. The minimum absolute atomic E-state index is 0.0626. The van der Waals surface area contributed by atoms with Gasteiger partial charge in [-0.25, -0.2) is 13.2 Å². The van der Waals surface area contributed by atoms with Crippen molar-refractivity contribution in [1.29, 1.82) is 0 Å². The molecule has 1 aliphatic heterocycles. The second kappa shape index (κ2) is 7.58. The Kier molecular flexibility index (Phi) is 5.22. The largest absolute Gasteiger partial charge is 0.497 e. The van der Waals surface area contributed by atoms with Gasteiger partial charge in [-0.3, -0.25) is 0 Å². The predicted molar refractivity (Wildman–Crippen MR) is 96.5 cm³/mol. The Morgan fingerprint density at radius 2 is 1.78 bits per heavy atom. The van der Waals surface area contributed by atoms with Crippen LogP contribution in [0, 0.1) is 0 Å². The molecule has 0 atom stereocenters. The van der Waals surface area contributed by atoms with Gasteiger partial charge < -0.3 is 24.3 Å². The smallest absolute Gasteiger partial charge is 0.351 e. The van der Waals surface area contributed by atoms with Crippen LogP contribution in [-0.2, 0) is 19.4 Å². The summed E-state index contributed by atoms with van der Waals surface area (Å²) in [5.74, 6) is 0.615. The molecule has 9 heteroatoms. The van der Waals surface area contributed by atoms with Gasteiger partial charge in [-0.15, -0.1) is 0 Å². The van der Waals surface area contributed by atoms with Gasteiger partial charge in [0.25, 0.3) is 0 Å². The molecular formula is C18H17NO7S. The van der Waals surface area contributed by atoms with E-state index in [0.717, 1.165) is 13.3 Å². The van der Waals surface area contributed by atoms with Gasteiger partial charge in [0.05, 0.1) is 19.1 Å². The maximum Gasteiger partial charge on any atom is 0.351 e. The first kappa shape index (κ1) is 18.6. The summed E-state index contributed by atoms with van der Waals surface area (Å²) in [6.07, 6.45) is 1.09. The lowest BCUT2D eigenvalue weighted by atomic mass is 10.3. The number of nitrogens with one attached hydrogen (secondary N) is 1.